The molecule has 6 fully saturated rings. The van der Waals surface area contributed by atoms with Gasteiger partial charge in [0.25, 0.3) is 0 Å². The molecule has 3 aliphatic heterocycles. The number of carbonyl (C=O) groups is 2. The van der Waals surface area contributed by atoms with E-state index in [0.29, 0.717) is 47.5 Å². The standard InChI is InChI=1S/C31H48N2O5/c1-4-18(2)29(35)38-30(3)15-20-7-5-6-8-23(20)28(21-9-11-26(32)33-17-21)31(30)16-22-13-19-10-12-27(34)36-24(19)14-25(22)37-31/h4,19-26,28,33H,5-17,32H2,1-3H3/p+1. The Morgan fingerprint density at radius 3 is 2.61 bits per heavy atom. The second-order valence-electron chi connectivity index (χ2n) is 13.8. The van der Waals surface area contributed by atoms with Crippen LogP contribution in [0.1, 0.15) is 97.8 Å². The van der Waals surface area contributed by atoms with Gasteiger partial charge in [0.1, 0.15) is 23.5 Å². The number of esters is 2. The number of quaternary nitrogens is 1. The third-order valence-corrected chi connectivity index (χ3v) is 11.8. The second-order valence-corrected chi connectivity index (χ2v) is 13.8. The van der Waals surface area contributed by atoms with E-state index in [0.717, 1.165) is 51.5 Å². The van der Waals surface area contributed by atoms with Gasteiger partial charge in [-0.05, 0) is 83.0 Å². The van der Waals surface area contributed by atoms with Gasteiger partial charge >= 0.3 is 11.9 Å². The summed E-state index contributed by atoms with van der Waals surface area (Å²) in [5, 5.41) is 2.33. The van der Waals surface area contributed by atoms with Gasteiger partial charge in [0, 0.05) is 36.7 Å². The molecule has 3 aliphatic carbocycles. The van der Waals surface area contributed by atoms with Gasteiger partial charge in [-0.25, -0.2) is 4.79 Å². The summed E-state index contributed by atoms with van der Waals surface area (Å²) in [4.78, 5) is 25.5. The molecule has 38 heavy (non-hydrogen) atoms. The number of ether oxygens (including phenoxy) is 3. The van der Waals surface area contributed by atoms with Crippen LogP contribution in [-0.4, -0.2) is 48.1 Å². The normalized spacial score (nSPS) is 49.0. The van der Waals surface area contributed by atoms with Crippen LogP contribution in [0.3, 0.4) is 0 Å². The van der Waals surface area contributed by atoms with Crippen LogP contribution in [0.25, 0.3) is 0 Å². The number of hydrogen-bond acceptors (Lipinski definition) is 6. The number of hydrogen-bond donors (Lipinski definition) is 2. The Hall–Kier alpha value is -1.44. The molecule has 0 amide bonds. The molecule has 3 saturated carbocycles. The zero-order valence-electron chi connectivity index (χ0n) is 23.7. The topological polar surface area (TPSA) is 104 Å². The summed E-state index contributed by atoms with van der Waals surface area (Å²) in [5.41, 5.74) is 5.81. The first-order valence-corrected chi connectivity index (χ1v) is 15.6. The largest absolute Gasteiger partial charge is 0.462 e. The van der Waals surface area contributed by atoms with Crippen molar-refractivity contribution in [3.63, 3.8) is 0 Å². The average Bonchev–Trinajstić information content (AvgIpc) is 3.27. The van der Waals surface area contributed by atoms with E-state index in [4.69, 9.17) is 19.9 Å². The van der Waals surface area contributed by atoms with E-state index in [1.54, 1.807) is 0 Å². The van der Waals surface area contributed by atoms with E-state index in [1.807, 2.05) is 19.9 Å². The zero-order chi connectivity index (χ0) is 26.7. The summed E-state index contributed by atoms with van der Waals surface area (Å²) in [6.45, 7) is 6.98. The van der Waals surface area contributed by atoms with Crippen molar-refractivity contribution in [1.82, 2.24) is 0 Å². The molecule has 7 nitrogen and oxygen atoms in total. The maximum absolute atomic E-state index is 13.4. The quantitative estimate of drug-likeness (QED) is 0.428. The van der Waals surface area contributed by atoms with Gasteiger partial charge < -0.3 is 19.5 Å². The molecular formula is C31H49N2O5+. The van der Waals surface area contributed by atoms with E-state index in [9.17, 15) is 9.59 Å². The first kappa shape index (κ1) is 26.8. The van der Waals surface area contributed by atoms with Crippen molar-refractivity contribution in [2.45, 2.75) is 127 Å². The SMILES string of the molecule is CC=C(C)C(=O)OC1(C)CC2CCCCC2C(C2CCC(N)[NH2+]C2)C12CC1CC3CCC(=O)OC3CC1O2. The molecule has 0 radical (unpaired) electrons. The van der Waals surface area contributed by atoms with Crippen molar-refractivity contribution < 1.29 is 29.1 Å². The Kier molecular flexibility index (Phi) is 7.18. The number of fused-ring (bicyclic) bond motifs is 3. The first-order chi connectivity index (χ1) is 18.2. The number of piperidine rings is 1. The molecule has 0 aromatic carbocycles. The van der Waals surface area contributed by atoms with Gasteiger partial charge in [0.05, 0.1) is 12.6 Å². The Labute approximate surface area is 228 Å². The molecule has 6 rings (SSSR count). The van der Waals surface area contributed by atoms with E-state index in [-0.39, 0.29) is 30.3 Å². The molecule has 212 valence electrons. The lowest BCUT2D eigenvalue weighted by Gasteiger charge is -2.61. The Balaban J connectivity index is 1.40. The predicted molar refractivity (Wildman–Crippen MR) is 143 cm³/mol. The summed E-state index contributed by atoms with van der Waals surface area (Å²) in [7, 11) is 0. The van der Waals surface area contributed by atoms with E-state index in [2.05, 4.69) is 12.2 Å². The van der Waals surface area contributed by atoms with Crippen LogP contribution in [0, 0.1) is 35.5 Å². The molecule has 4 N–H and O–H groups in total. The van der Waals surface area contributed by atoms with Crippen LogP contribution >= 0.6 is 0 Å². The minimum Gasteiger partial charge on any atom is -0.462 e. The van der Waals surface area contributed by atoms with Gasteiger partial charge in [-0.3, -0.25) is 10.5 Å². The Morgan fingerprint density at radius 2 is 1.84 bits per heavy atom. The van der Waals surface area contributed by atoms with Crippen molar-refractivity contribution in [2.24, 2.45) is 41.2 Å². The van der Waals surface area contributed by atoms with Crippen molar-refractivity contribution in [1.29, 1.82) is 0 Å². The van der Waals surface area contributed by atoms with Crippen molar-refractivity contribution in [3.05, 3.63) is 11.6 Å². The maximum atomic E-state index is 13.4. The number of rotatable bonds is 3. The van der Waals surface area contributed by atoms with Gasteiger partial charge in [0.15, 0.2) is 0 Å². The highest BCUT2D eigenvalue weighted by Crippen LogP contribution is 2.64. The molecule has 0 aromatic heterocycles. The van der Waals surface area contributed by atoms with Crippen molar-refractivity contribution >= 4 is 11.9 Å². The molecular weight excluding hydrogens is 480 g/mol. The van der Waals surface area contributed by atoms with E-state index < -0.39 is 11.2 Å². The van der Waals surface area contributed by atoms with E-state index in [1.165, 1.54) is 25.7 Å². The molecule has 11 unspecified atom stereocenters. The highest BCUT2D eigenvalue weighted by molar-refractivity contribution is 5.88. The van der Waals surface area contributed by atoms with Crippen LogP contribution in [0.4, 0.5) is 0 Å². The fourth-order valence-electron chi connectivity index (χ4n) is 9.82. The van der Waals surface area contributed by atoms with Gasteiger partial charge in [0.2, 0.25) is 0 Å². The minimum absolute atomic E-state index is 0.0304. The molecule has 0 aromatic rings. The smallest absolute Gasteiger partial charge is 0.334 e. The lowest BCUT2D eigenvalue weighted by atomic mass is 9.49. The Morgan fingerprint density at radius 1 is 1.03 bits per heavy atom. The Bertz CT molecular complexity index is 960. The van der Waals surface area contributed by atoms with Crippen LogP contribution in [0.15, 0.2) is 11.6 Å². The third kappa shape index (κ3) is 4.45. The van der Waals surface area contributed by atoms with Gasteiger partial charge in [-0.2, -0.15) is 0 Å². The third-order valence-electron chi connectivity index (χ3n) is 11.8. The summed E-state index contributed by atoms with van der Waals surface area (Å²) in [6.07, 6.45) is 14.3. The minimum atomic E-state index is -0.684. The number of allylic oxidation sites excluding steroid dienone is 1. The average molecular weight is 530 g/mol. The van der Waals surface area contributed by atoms with Crippen LogP contribution in [0.2, 0.25) is 0 Å². The first-order valence-electron chi connectivity index (χ1n) is 15.6. The molecule has 7 heteroatoms. The fourth-order valence-corrected chi connectivity index (χ4v) is 9.82. The summed E-state index contributed by atoms with van der Waals surface area (Å²) >= 11 is 0. The fraction of sp³-hybridized carbons (Fsp3) is 0.871. The van der Waals surface area contributed by atoms with Gasteiger partial charge in [-0.15, -0.1) is 0 Å². The maximum Gasteiger partial charge on any atom is 0.334 e. The van der Waals surface area contributed by atoms with E-state index >= 15 is 0 Å². The molecule has 1 spiro atoms. The van der Waals surface area contributed by atoms with Crippen molar-refractivity contribution in [3.8, 4) is 0 Å². The zero-order valence-corrected chi connectivity index (χ0v) is 23.7. The second kappa shape index (κ2) is 10.2. The molecule has 3 saturated heterocycles. The van der Waals surface area contributed by atoms with Crippen LogP contribution in [-0.2, 0) is 23.8 Å². The van der Waals surface area contributed by atoms with Crippen LogP contribution in [0.5, 0.6) is 0 Å². The molecule has 0 bridgehead atoms. The lowest BCUT2D eigenvalue weighted by molar-refractivity contribution is -0.704. The summed E-state index contributed by atoms with van der Waals surface area (Å²) in [6, 6.07) is 0. The summed E-state index contributed by atoms with van der Waals surface area (Å²) < 4.78 is 19.9. The molecule has 3 heterocycles. The highest BCUT2D eigenvalue weighted by atomic mass is 16.6. The number of nitrogens with two attached hydrogens (primary N) is 2. The predicted octanol–water partition coefficient (Wildman–Crippen LogP) is 3.60. The summed E-state index contributed by atoms with van der Waals surface area (Å²) in [5.74, 6) is 2.60. The lowest BCUT2D eigenvalue weighted by Crippen LogP contribution is -2.96. The highest BCUT2D eigenvalue weighted by Gasteiger charge is 2.70. The molecule has 11 atom stereocenters. The van der Waals surface area contributed by atoms with Crippen molar-refractivity contribution in [2.75, 3.05) is 6.54 Å². The van der Waals surface area contributed by atoms with Crippen LogP contribution < -0.4 is 11.1 Å². The number of carbonyl (C=O) groups excluding carboxylic acids is 2. The molecule has 6 aliphatic rings. The monoisotopic (exact) mass is 529 g/mol. The van der Waals surface area contributed by atoms with Gasteiger partial charge in [-0.1, -0.05) is 25.3 Å².